The van der Waals surface area contributed by atoms with Crippen LogP contribution in [0, 0.1) is 0 Å². The van der Waals surface area contributed by atoms with E-state index >= 15 is 0 Å². The number of para-hydroxylation sites is 3. The highest BCUT2D eigenvalue weighted by Crippen LogP contribution is 2.44. The van der Waals surface area contributed by atoms with Gasteiger partial charge in [-0.3, -0.25) is 0 Å². The van der Waals surface area contributed by atoms with Crippen LogP contribution in [0.3, 0.4) is 0 Å². The molecule has 0 saturated carbocycles. The molecule has 1 heterocycles. The topological polar surface area (TPSA) is 16.4 Å². The Hall–Kier alpha value is -8.46. The molecule has 0 atom stereocenters. The summed E-state index contributed by atoms with van der Waals surface area (Å²) in [4.78, 5) is 2.39. The third-order valence-electron chi connectivity index (χ3n) is 12.7. The molecular formula is C62H41NO. The van der Waals surface area contributed by atoms with E-state index in [-0.39, 0.29) is 0 Å². The fraction of sp³-hybridized carbons (Fsp3) is 0. The molecule has 0 radical (unpaired) electrons. The maximum Gasteiger partial charge on any atom is 0.143 e. The maximum absolute atomic E-state index is 6.46. The second-order valence-electron chi connectivity index (χ2n) is 16.4. The first-order valence-corrected chi connectivity index (χ1v) is 21.9. The minimum absolute atomic E-state index is 0.901. The maximum atomic E-state index is 6.46. The third-order valence-corrected chi connectivity index (χ3v) is 12.7. The highest BCUT2D eigenvalue weighted by atomic mass is 16.3. The van der Waals surface area contributed by atoms with Crippen LogP contribution in [0.15, 0.2) is 253 Å². The van der Waals surface area contributed by atoms with E-state index in [4.69, 9.17) is 4.42 Å². The van der Waals surface area contributed by atoms with Crippen LogP contribution in [0.2, 0.25) is 0 Å². The SMILES string of the molecule is c1ccc(-c2ccc3ccccc3c2)c(-c2ccc(-c3ccccc3N(c3ccc(-c4cccc5ccccc45)cc3)c3ccc(-c4cccc5c4oc4ccccc45)cc3)cc2)c1. The number of furan rings is 1. The molecule has 12 rings (SSSR count). The van der Waals surface area contributed by atoms with Gasteiger partial charge in [0.05, 0.1) is 5.69 Å². The van der Waals surface area contributed by atoms with Gasteiger partial charge in [0.2, 0.25) is 0 Å². The van der Waals surface area contributed by atoms with Crippen molar-refractivity contribution in [3.05, 3.63) is 249 Å². The summed E-state index contributed by atoms with van der Waals surface area (Å²) in [6.07, 6.45) is 0. The van der Waals surface area contributed by atoms with Crippen LogP contribution < -0.4 is 4.90 Å². The van der Waals surface area contributed by atoms with Crippen LogP contribution in [-0.2, 0) is 0 Å². The van der Waals surface area contributed by atoms with Crippen LogP contribution in [0.25, 0.3) is 99.1 Å². The Kier molecular flexibility index (Phi) is 9.20. The quantitative estimate of drug-likeness (QED) is 0.152. The van der Waals surface area contributed by atoms with Crippen molar-refractivity contribution in [3.8, 4) is 55.6 Å². The van der Waals surface area contributed by atoms with Crippen molar-refractivity contribution in [2.24, 2.45) is 0 Å². The van der Waals surface area contributed by atoms with Gasteiger partial charge < -0.3 is 9.32 Å². The van der Waals surface area contributed by atoms with Gasteiger partial charge in [-0.1, -0.05) is 206 Å². The van der Waals surface area contributed by atoms with E-state index in [0.29, 0.717) is 0 Å². The summed E-state index contributed by atoms with van der Waals surface area (Å²) in [6, 6.07) is 89.7. The van der Waals surface area contributed by atoms with Crippen LogP contribution in [0.1, 0.15) is 0 Å². The molecule has 0 fully saturated rings. The van der Waals surface area contributed by atoms with E-state index < -0.39 is 0 Å². The molecule has 2 nitrogen and oxygen atoms in total. The van der Waals surface area contributed by atoms with Crippen molar-refractivity contribution in [1.29, 1.82) is 0 Å². The van der Waals surface area contributed by atoms with Gasteiger partial charge in [-0.05, 0) is 109 Å². The molecule has 1 aromatic heterocycles. The first-order chi connectivity index (χ1) is 31.7. The average Bonchev–Trinajstić information content (AvgIpc) is 3.76. The first kappa shape index (κ1) is 37.3. The van der Waals surface area contributed by atoms with Gasteiger partial charge in [0, 0.05) is 33.3 Å². The number of nitrogens with zero attached hydrogens (tertiary/aromatic N) is 1. The standard InChI is InChI=1S/C62H41NO/c1-2-15-48-41-49(32-27-42(48)13-1)55-19-6-5-18-53(55)44-28-30-46(31-29-44)56-20-7-9-25-60(56)63(50-37-33-45(34-38-50)54-22-11-16-43-14-3-4-17-52(43)54)51-39-35-47(36-40-51)57-23-12-24-59-58-21-8-10-26-61(58)64-62(57)59/h1-41H. The van der Waals surface area contributed by atoms with E-state index in [2.05, 4.69) is 241 Å². The highest BCUT2D eigenvalue weighted by molar-refractivity contribution is 6.09. The van der Waals surface area contributed by atoms with E-state index in [1.54, 1.807) is 0 Å². The summed E-state index contributed by atoms with van der Waals surface area (Å²) < 4.78 is 6.46. The van der Waals surface area contributed by atoms with Gasteiger partial charge >= 0.3 is 0 Å². The van der Waals surface area contributed by atoms with Crippen LogP contribution in [-0.4, -0.2) is 0 Å². The van der Waals surface area contributed by atoms with E-state index in [1.165, 1.54) is 54.9 Å². The fourth-order valence-corrected chi connectivity index (χ4v) is 9.54. The van der Waals surface area contributed by atoms with Gasteiger partial charge in [-0.25, -0.2) is 0 Å². The van der Waals surface area contributed by atoms with Crippen LogP contribution in [0.4, 0.5) is 17.1 Å². The molecule has 0 aliphatic rings. The lowest BCUT2D eigenvalue weighted by Crippen LogP contribution is -2.11. The largest absolute Gasteiger partial charge is 0.455 e. The number of benzene rings is 11. The number of hydrogen-bond donors (Lipinski definition) is 0. The van der Waals surface area contributed by atoms with Crippen LogP contribution >= 0.6 is 0 Å². The number of hydrogen-bond acceptors (Lipinski definition) is 2. The zero-order chi connectivity index (χ0) is 42.4. The molecule has 0 saturated heterocycles. The molecule has 64 heavy (non-hydrogen) atoms. The van der Waals surface area contributed by atoms with E-state index in [9.17, 15) is 0 Å². The average molecular weight is 816 g/mol. The fourth-order valence-electron chi connectivity index (χ4n) is 9.54. The molecule has 0 unspecified atom stereocenters. The molecule has 12 aromatic rings. The van der Waals surface area contributed by atoms with Crippen molar-refractivity contribution < 1.29 is 4.42 Å². The Morgan fingerprint density at radius 3 is 1.47 bits per heavy atom. The molecule has 0 N–H and O–H groups in total. The zero-order valence-corrected chi connectivity index (χ0v) is 35.0. The number of anilines is 3. The van der Waals surface area contributed by atoms with E-state index in [1.807, 2.05) is 12.1 Å². The Morgan fingerprint density at radius 1 is 0.266 bits per heavy atom. The summed E-state index contributed by atoms with van der Waals surface area (Å²) in [5, 5.41) is 7.24. The van der Waals surface area contributed by atoms with Crippen molar-refractivity contribution in [2.45, 2.75) is 0 Å². The smallest absolute Gasteiger partial charge is 0.143 e. The van der Waals surface area contributed by atoms with Crippen molar-refractivity contribution in [3.63, 3.8) is 0 Å². The van der Waals surface area contributed by atoms with Gasteiger partial charge in [0.25, 0.3) is 0 Å². The highest BCUT2D eigenvalue weighted by Gasteiger charge is 2.19. The predicted octanol–water partition coefficient (Wildman–Crippen LogP) is 17.7. The molecule has 0 spiro atoms. The van der Waals surface area contributed by atoms with Crippen LogP contribution in [0.5, 0.6) is 0 Å². The number of rotatable bonds is 8. The van der Waals surface area contributed by atoms with Gasteiger partial charge in [0.15, 0.2) is 0 Å². The summed E-state index contributed by atoms with van der Waals surface area (Å²) in [5.41, 5.74) is 16.7. The molecule has 0 amide bonds. The van der Waals surface area contributed by atoms with Gasteiger partial charge in [-0.2, -0.15) is 0 Å². The summed E-state index contributed by atoms with van der Waals surface area (Å²) in [6.45, 7) is 0. The predicted molar refractivity (Wildman–Crippen MR) is 271 cm³/mol. The zero-order valence-electron chi connectivity index (χ0n) is 35.0. The second-order valence-corrected chi connectivity index (χ2v) is 16.4. The number of fused-ring (bicyclic) bond motifs is 5. The lowest BCUT2D eigenvalue weighted by molar-refractivity contribution is 0.670. The molecule has 0 aliphatic heterocycles. The molecule has 2 heteroatoms. The Labute approximate surface area is 372 Å². The minimum Gasteiger partial charge on any atom is -0.455 e. The monoisotopic (exact) mass is 815 g/mol. The van der Waals surface area contributed by atoms with Crippen molar-refractivity contribution in [1.82, 2.24) is 0 Å². The van der Waals surface area contributed by atoms with E-state index in [0.717, 1.165) is 61.3 Å². The summed E-state index contributed by atoms with van der Waals surface area (Å²) in [7, 11) is 0. The lowest BCUT2D eigenvalue weighted by atomic mass is 9.92. The molecular weight excluding hydrogens is 775 g/mol. The van der Waals surface area contributed by atoms with Crippen molar-refractivity contribution in [2.75, 3.05) is 4.90 Å². The Balaban J connectivity index is 0.948. The Morgan fingerprint density at radius 2 is 0.719 bits per heavy atom. The second kappa shape index (κ2) is 15.8. The molecule has 0 aliphatic carbocycles. The normalized spacial score (nSPS) is 11.4. The van der Waals surface area contributed by atoms with Crippen molar-refractivity contribution >= 4 is 60.5 Å². The summed E-state index contributed by atoms with van der Waals surface area (Å²) >= 11 is 0. The molecule has 11 aromatic carbocycles. The molecule has 0 bridgehead atoms. The Bertz CT molecular complexity index is 3650. The summed E-state index contributed by atoms with van der Waals surface area (Å²) in [5.74, 6) is 0. The van der Waals surface area contributed by atoms with Gasteiger partial charge in [0.1, 0.15) is 11.2 Å². The van der Waals surface area contributed by atoms with Gasteiger partial charge in [-0.15, -0.1) is 0 Å². The third kappa shape index (κ3) is 6.61. The lowest BCUT2D eigenvalue weighted by Gasteiger charge is -2.28. The first-order valence-electron chi connectivity index (χ1n) is 21.9. The molecule has 300 valence electrons. The minimum atomic E-state index is 0.901.